The topological polar surface area (TPSA) is 87.0 Å². The summed E-state index contributed by atoms with van der Waals surface area (Å²) in [6.07, 6.45) is 0. The first-order chi connectivity index (χ1) is 12.5. The zero-order valence-electron chi connectivity index (χ0n) is 14.5. The molecule has 0 saturated heterocycles. The number of carbonyl (C=O) groups excluding carboxylic acids is 2. The predicted octanol–water partition coefficient (Wildman–Crippen LogP) is 2.38. The molecule has 0 aliphatic heterocycles. The lowest BCUT2D eigenvalue weighted by Crippen LogP contribution is -2.20. The molecule has 0 bridgehead atoms. The maximum Gasteiger partial charge on any atom is 0.330 e. The second-order valence-corrected chi connectivity index (χ2v) is 5.89. The third-order valence-corrected chi connectivity index (χ3v) is 3.95. The molecule has 0 N–H and O–H groups in total. The van der Waals surface area contributed by atoms with Crippen molar-refractivity contribution in [3.63, 3.8) is 0 Å². The average molecular weight is 350 g/mol. The largest absolute Gasteiger partial charge is 0.456 e. The molecule has 7 nitrogen and oxygen atoms in total. The number of Topliss-reactive ketones (excluding diaryl/α,β-unsaturated/α-hetero) is 1. The van der Waals surface area contributed by atoms with Crippen LogP contribution in [0.1, 0.15) is 21.5 Å². The smallest absolute Gasteiger partial charge is 0.330 e. The van der Waals surface area contributed by atoms with Crippen LogP contribution < -0.4 is 0 Å². The Hall–Kier alpha value is -3.35. The van der Waals surface area contributed by atoms with Crippen LogP contribution in [0.15, 0.2) is 48.5 Å². The molecule has 132 valence electrons. The van der Waals surface area contributed by atoms with E-state index >= 15 is 0 Å². The van der Waals surface area contributed by atoms with E-state index in [1.165, 1.54) is 0 Å². The van der Waals surface area contributed by atoms with Crippen molar-refractivity contribution < 1.29 is 14.3 Å². The molecule has 0 amide bonds. The van der Waals surface area contributed by atoms with Crippen molar-refractivity contribution in [2.24, 2.45) is 0 Å². The molecule has 3 rings (SSSR count). The number of hydrogen-bond acceptors (Lipinski definition) is 6. The van der Waals surface area contributed by atoms with Crippen molar-refractivity contribution in [1.82, 2.24) is 20.2 Å². The first kappa shape index (κ1) is 17.5. The number of tetrazole rings is 1. The minimum atomic E-state index is -0.598. The number of ether oxygens (including phenoxy) is 1. The molecule has 1 aromatic heterocycles. The van der Waals surface area contributed by atoms with Crippen LogP contribution in [0.2, 0.25) is 0 Å². The molecule has 0 atom stereocenters. The quantitative estimate of drug-likeness (QED) is 0.501. The van der Waals surface area contributed by atoms with E-state index in [-0.39, 0.29) is 18.9 Å². The Morgan fingerprint density at radius 1 is 1.04 bits per heavy atom. The van der Waals surface area contributed by atoms with Crippen LogP contribution in [0.4, 0.5) is 0 Å². The Balaban J connectivity index is 1.55. The van der Waals surface area contributed by atoms with Crippen LogP contribution in [-0.2, 0) is 16.1 Å². The molecule has 0 aliphatic rings. The number of esters is 1. The highest BCUT2D eigenvalue weighted by Crippen LogP contribution is 2.12. The molecule has 0 fully saturated rings. The summed E-state index contributed by atoms with van der Waals surface area (Å²) in [6.45, 7) is 3.37. The second-order valence-electron chi connectivity index (χ2n) is 5.89. The summed E-state index contributed by atoms with van der Waals surface area (Å²) in [7, 11) is 0. The number of nitrogens with zero attached hydrogens (tertiary/aromatic N) is 4. The highest BCUT2D eigenvalue weighted by Gasteiger charge is 2.13. The van der Waals surface area contributed by atoms with Gasteiger partial charge in [-0.2, -0.15) is 4.80 Å². The Bertz CT molecular complexity index is 935. The molecule has 3 aromatic rings. The van der Waals surface area contributed by atoms with Crippen molar-refractivity contribution in [3.05, 3.63) is 65.2 Å². The van der Waals surface area contributed by atoms with Crippen LogP contribution in [0.3, 0.4) is 0 Å². The summed E-state index contributed by atoms with van der Waals surface area (Å²) < 4.78 is 5.03. The van der Waals surface area contributed by atoms with E-state index in [1.807, 2.05) is 50.2 Å². The number of hydrogen-bond donors (Lipinski definition) is 0. The van der Waals surface area contributed by atoms with E-state index in [9.17, 15) is 9.59 Å². The highest BCUT2D eigenvalue weighted by atomic mass is 16.5. The summed E-state index contributed by atoms with van der Waals surface area (Å²) in [5, 5.41) is 11.9. The van der Waals surface area contributed by atoms with Gasteiger partial charge in [-0.25, -0.2) is 4.79 Å². The van der Waals surface area contributed by atoms with E-state index in [0.29, 0.717) is 11.4 Å². The highest BCUT2D eigenvalue weighted by molar-refractivity contribution is 5.98. The minimum absolute atomic E-state index is 0.208. The molecule has 0 saturated carbocycles. The first-order valence-corrected chi connectivity index (χ1v) is 8.12. The van der Waals surface area contributed by atoms with E-state index in [2.05, 4.69) is 15.4 Å². The first-order valence-electron chi connectivity index (χ1n) is 8.12. The van der Waals surface area contributed by atoms with Gasteiger partial charge in [0.25, 0.3) is 0 Å². The number of carbonyl (C=O) groups is 2. The van der Waals surface area contributed by atoms with Gasteiger partial charge in [0.15, 0.2) is 18.9 Å². The maximum absolute atomic E-state index is 12.1. The lowest BCUT2D eigenvalue weighted by atomic mass is 10.0. The van der Waals surface area contributed by atoms with Gasteiger partial charge in [0, 0.05) is 11.1 Å². The SMILES string of the molecule is Cc1ccc(C(=O)COC(=O)Cn2nnc(-c3ccccc3)n2)cc1C. The van der Waals surface area contributed by atoms with Gasteiger partial charge in [0.1, 0.15) is 0 Å². The van der Waals surface area contributed by atoms with Gasteiger partial charge >= 0.3 is 5.97 Å². The van der Waals surface area contributed by atoms with Crippen LogP contribution in [0, 0.1) is 13.8 Å². The second kappa shape index (κ2) is 7.69. The van der Waals surface area contributed by atoms with Crippen LogP contribution in [0.5, 0.6) is 0 Å². The van der Waals surface area contributed by atoms with Crippen molar-refractivity contribution in [3.8, 4) is 11.4 Å². The standard InChI is InChI=1S/C19H18N4O3/c1-13-8-9-16(10-14(13)2)17(24)12-26-18(25)11-23-21-19(20-22-23)15-6-4-3-5-7-15/h3-10H,11-12H2,1-2H3. The molecular formula is C19H18N4O3. The van der Waals surface area contributed by atoms with Gasteiger partial charge in [0.05, 0.1) is 0 Å². The van der Waals surface area contributed by atoms with E-state index < -0.39 is 5.97 Å². The minimum Gasteiger partial charge on any atom is -0.456 e. The molecular weight excluding hydrogens is 332 g/mol. The van der Waals surface area contributed by atoms with Crippen molar-refractivity contribution in [1.29, 1.82) is 0 Å². The number of ketones is 1. The fraction of sp³-hybridized carbons (Fsp3) is 0.211. The monoisotopic (exact) mass is 350 g/mol. The molecule has 0 radical (unpaired) electrons. The summed E-state index contributed by atoms with van der Waals surface area (Å²) in [6, 6.07) is 14.7. The van der Waals surface area contributed by atoms with Gasteiger partial charge in [0.2, 0.25) is 5.82 Å². The zero-order chi connectivity index (χ0) is 18.5. The van der Waals surface area contributed by atoms with Gasteiger partial charge in [-0.05, 0) is 36.3 Å². The van der Waals surface area contributed by atoms with E-state index in [0.717, 1.165) is 21.5 Å². The molecule has 0 spiro atoms. The van der Waals surface area contributed by atoms with E-state index in [1.54, 1.807) is 12.1 Å². The average Bonchev–Trinajstić information content (AvgIpc) is 3.11. The Labute approximate surface area is 150 Å². The van der Waals surface area contributed by atoms with Crippen LogP contribution in [0.25, 0.3) is 11.4 Å². The molecule has 1 heterocycles. The molecule has 0 aliphatic carbocycles. The lowest BCUT2D eigenvalue weighted by molar-refractivity contribution is -0.143. The van der Waals surface area contributed by atoms with E-state index in [4.69, 9.17) is 4.74 Å². The Kier molecular flexibility index (Phi) is 5.17. The van der Waals surface area contributed by atoms with Gasteiger partial charge < -0.3 is 4.74 Å². The fourth-order valence-electron chi connectivity index (χ4n) is 2.32. The maximum atomic E-state index is 12.1. The molecule has 26 heavy (non-hydrogen) atoms. The number of rotatable bonds is 6. The van der Waals surface area contributed by atoms with Gasteiger partial charge in [-0.15, -0.1) is 10.2 Å². The summed E-state index contributed by atoms with van der Waals surface area (Å²) in [5.74, 6) is -0.429. The normalized spacial score (nSPS) is 10.5. The molecule has 2 aromatic carbocycles. The van der Waals surface area contributed by atoms with Crippen molar-refractivity contribution >= 4 is 11.8 Å². The molecule has 0 unspecified atom stereocenters. The zero-order valence-corrected chi connectivity index (χ0v) is 14.5. The summed E-state index contributed by atoms with van der Waals surface area (Å²) >= 11 is 0. The Morgan fingerprint density at radius 2 is 1.81 bits per heavy atom. The Morgan fingerprint density at radius 3 is 2.54 bits per heavy atom. The third kappa shape index (κ3) is 4.18. The van der Waals surface area contributed by atoms with Crippen LogP contribution >= 0.6 is 0 Å². The molecule has 7 heteroatoms. The summed E-state index contributed by atoms with van der Waals surface area (Å²) in [5.41, 5.74) is 3.44. The lowest BCUT2D eigenvalue weighted by Gasteiger charge is -2.06. The van der Waals surface area contributed by atoms with Gasteiger partial charge in [-0.1, -0.05) is 42.5 Å². The number of aryl methyl sites for hydroxylation is 2. The fourth-order valence-corrected chi connectivity index (χ4v) is 2.32. The van der Waals surface area contributed by atoms with Crippen molar-refractivity contribution in [2.75, 3.05) is 6.61 Å². The van der Waals surface area contributed by atoms with Gasteiger partial charge in [-0.3, -0.25) is 4.79 Å². The third-order valence-electron chi connectivity index (χ3n) is 3.95. The number of aromatic nitrogens is 4. The van der Waals surface area contributed by atoms with Crippen molar-refractivity contribution in [2.45, 2.75) is 20.4 Å². The van der Waals surface area contributed by atoms with Crippen LogP contribution in [-0.4, -0.2) is 38.6 Å². The summed E-state index contributed by atoms with van der Waals surface area (Å²) in [4.78, 5) is 25.2. The number of benzene rings is 2. The predicted molar refractivity (Wildman–Crippen MR) is 94.5 cm³/mol.